The topological polar surface area (TPSA) is 80.8 Å². The van der Waals surface area contributed by atoms with E-state index in [1.807, 2.05) is 0 Å². The van der Waals surface area contributed by atoms with E-state index in [9.17, 15) is 19.2 Å². The van der Waals surface area contributed by atoms with Gasteiger partial charge in [0.05, 0.1) is 11.8 Å². The number of rotatable bonds is 5. The Kier molecular flexibility index (Phi) is 3.79. The van der Waals surface area contributed by atoms with Gasteiger partial charge < -0.3 is 4.74 Å². The van der Waals surface area contributed by atoms with Crippen LogP contribution in [0, 0.1) is 35.5 Å². The molecule has 6 nitrogen and oxygen atoms in total. The highest BCUT2D eigenvalue weighted by Crippen LogP contribution is 2.65. The third-order valence-corrected chi connectivity index (χ3v) is 6.78. The van der Waals surface area contributed by atoms with Gasteiger partial charge in [-0.15, -0.1) is 0 Å². The van der Waals surface area contributed by atoms with E-state index in [1.165, 1.54) is 6.92 Å². The van der Waals surface area contributed by atoms with Crippen LogP contribution in [0.1, 0.15) is 23.7 Å². The van der Waals surface area contributed by atoms with Crippen molar-refractivity contribution in [3.05, 3.63) is 48.0 Å². The lowest BCUT2D eigenvalue weighted by Crippen LogP contribution is -2.40. The summed E-state index contributed by atoms with van der Waals surface area (Å²) in [7, 11) is 0. The number of likely N-dealkylation sites (tertiary alicyclic amines) is 1. The second kappa shape index (κ2) is 6.12. The molecular weight excluding hydrogens is 358 g/mol. The number of carbonyl (C=O) groups excluding carboxylic acids is 4. The minimum atomic E-state index is -0.976. The van der Waals surface area contributed by atoms with Crippen LogP contribution in [0.2, 0.25) is 0 Å². The van der Waals surface area contributed by atoms with Gasteiger partial charge in [-0.1, -0.05) is 42.5 Å². The standard InChI is InChI=1S/C22H21NO5/c1-11(20(25)12-5-3-2-4-6-12)28-17(24)10-23-21(26)18-13-7-8-14(16-9-15(13)16)19(18)22(23)27/h2-8,11,13-16,18-19H,9-10H2,1H3/t11-,13-,14-,15-,16+,18+,19+/m1/s1. The maximum absolute atomic E-state index is 12.9. The molecule has 6 rings (SSSR count). The molecule has 0 spiro atoms. The lowest BCUT2D eigenvalue weighted by Gasteiger charge is -2.37. The van der Waals surface area contributed by atoms with E-state index in [0.717, 1.165) is 11.3 Å². The number of amides is 2. The average Bonchev–Trinajstić information content (AvgIpc) is 3.49. The number of allylic oxidation sites excluding steroid dienone is 2. The molecule has 28 heavy (non-hydrogen) atoms. The fourth-order valence-corrected chi connectivity index (χ4v) is 5.43. The van der Waals surface area contributed by atoms with Crippen LogP contribution >= 0.6 is 0 Å². The maximum Gasteiger partial charge on any atom is 0.326 e. The molecule has 0 unspecified atom stereocenters. The highest BCUT2D eigenvalue weighted by molar-refractivity contribution is 6.08. The number of hydrogen-bond acceptors (Lipinski definition) is 5. The van der Waals surface area contributed by atoms with E-state index in [-0.39, 0.29) is 41.3 Å². The van der Waals surface area contributed by atoms with Crippen LogP contribution in [-0.4, -0.2) is 41.1 Å². The zero-order valence-corrected chi connectivity index (χ0v) is 15.5. The summed E-state index contributed by atoms with van der Waals surface area (Å²) in [6.07, 6.45) is 4.30. The molecule has 0 aromatic heterocycles. The van der Waals surface area contributed by atoms with E-state index in [1.54, 1.807) is 30.3 Å². The van der Waals surface area contributed by atoms with Crippen molar-refractivity contribution in [1.29, 1.82) is 0 Å². The van der Waals surface area contributed by atoms with E-state index in [4.69, 9.17) is 4.74 Å². The molecule has 4 aliphatic carbocycles. The van der Waals surface area contributed by atoms with E-state index in [0.29, 0.717) is 17.4 Å². The summed E-state index contributed by atoms with van der Waals surface area (Å²) in [6.45, 7) is 1.07. The molecule has 3 fully saturated rings. The smallest absolute Gasteiger partial charge is 0.326 e. The van der Waals surface area contributed by atoms with Gasteiger partial charge in [-0.05, 0) is 37.0 Å². The lowest BCUT2D eigenvalue weighted by atomic mass is 9.63. The first-order valence-electron chi connectivity index (χ1n) is 9.79. The molecule has 144 valence electrons. The Bertz CT molecular complexity index is 871. The third kappa shape index (κ3) is 2.47. The highest BCUT2D eigenvalue weighted by atomic mass is 16.5. The van der Waals surface area contributed by atoms with Crippen molar-refractivity contribution in [3.63, 3.8) is 0 Å². The van der Waals surface area contributed by atoms with Crippen molar-refractivity contribution < 1.29 is 23.9 Å². The van der Waals surface area contributed by atoms with Crippen LogP contribution in [0.3, 0.4) is 0 Å². The molecule has 1 aromatic carbocycles. The van der Waals surface area contributed by atoms with Gasteiger partial charge in [0.1, 0.15) is 6.54 Å². The predicted octanol–water partition coefficient (Wildman–Crippen LogP) is 1.85. The maximum atomic E-state index is 12.9. The first kappa shape index (κ1) is 17.3. The first-order valence-corrected chi connectivity index (χ1v) is 9.79. The Morgan fingerprint density at radius 3 is 2.18 bits per heavy atom. The molecular formula is C22H21NO5. The Hall–Kier alpha value is -2.76. The monoisotopic (exact) mass is 379 g/mol. The van der Waals surface area contributed by atoms with Crippen LogP contribution in [0.25, 0.3) is 0 Å². The van der Waals surface area contributed by atoms with Crippen LogP contribution < -0.4 is 0 Å². The molecule has 0 radical (unpaired) electrons. The summed E-state index contributed by atoms with van der Waals surface area (Å²) < 4.78 is 5.23. The Labute approximate surface area is 162 Å². The van der Waals surface area contributed by atoms with Crippen LogP contribution in [-0.2, 0) is 19.1 Å². The second-order valence-corrected chi connectivity index (χ2v) is 8.28. The summed E-state index contributed by atoms with van der Waals surface area (Å²) in [5.74, 6) is -0.965. The number of Topliss-reactive ketones (excluding diaryl/α,β-unsaturated/α-hetero) is 1. The van der Waals surface area contributed by atoms with Gasteiger partial charge in [-0.3, -0.25) is 24.1 Å². The summed E-state index contributed by atoms with van der Waals surface area (Å²) in [6, 6.07) is 8.57. The van der Waals surface area contributed by atoms with E-state index < -0.39 is 18.6 Å². The largest absolute Gasteiger partial charge is 0.453 e. The normalized spacial score (nSPS) is 35.4. The Morgan fingerprint density at radius 2 is 1.61 bits per heavy atom. The molecule has 2 amide bonds. The average molecular weight is 379 g/mol. The van der Waals surface area contributed by atoms with Crippen molar-refractivity contribution in [2.24, 2.45) is 35.5 Å². The van der Waals surface area contributed by atoms with Gasteiger partial charge in [0.25, 0.3) is 0 Å². The summed E-state index contributed by atoms with van der Waals surface area (Å²) >= 11 is 0. The molecule has 6 heteroatoms. The summed E-state index contributed by atoms with van der Waals surface area (Å²) in [5, 5.41) is 0. The quantitative estimate of drug-likeness (QED) is 0.338. The molecule has 0 N–H and O–H groups in total. The molecule has 5 aliphatic rings. The highest BCUT2D eigenvalue weighted by Gasteiger charge is 2.67. The number of hydrogen-bond donors (Lipinski definition) is 0. The Balaban J connectivity index is 1.26. The molecule has 2 saturated carbocycles. The molecule has 1 aliphatic heterocycles. The fourth-order valence-electron chi connectivity index (χ4n) is 5.43. The molecule has 7 atom stereocenters. The number of benzene rings is 1. The summed E-state index contributed by atoms with van der Waals surface area (Å²) in [4.78, 5) is 51.5. The zero-order chi connectivity index (χ0) is 19.6. The molecule has 1 aromatic rings. The van der Waals surface area contributed by atoms with Crippen molar-refractivity contribution >= 4 is 23.6 Å². The van der Waals surface area contributed by atoms with Gasteiger partial charge in [-0.2, -0.15) is 0 Å². The lowest BCUT2D eigenvalue weighted by molar-refractivity contribution is -0.154. The van der Waals surface area contributed by atoms with Gasteiger partial charge in [-0.25, -0.2) is 0 Å². The van der Waals surface area contributed by atoms with Gasteiger partial charge in [0.2, 0.25) is 17.6 Å². The van der Waals surface area contributed by atoms with Crippen molar-refractivity contribution in [3.8, 4) is 0 Å². The van der Waals surface area contributed by atoms with Gasteiger partial charge >= 0.3 is 5.97 Å². The Morgan fingerprint density at radius 1 is 1.04 bits per heavy atom. The van der Waals surface area contributed by atoms with Gasteiger partial charge in [0.15, 0.2) is 6.10 Å². The van der Waals surface area contributed by atoms with Crippen molar-refractivity contribution in [2.75, 3.05) is 6.54 Å². The minimum Gasteiger partial charge on any atom is -0.453 e. The van der Waals surface area contributed by atoms with E-state index in [2.05, 4.69) is 12.2 Å². The van der Waals surface area contributed by atoms with Crippen LogP contribution in [0.4, 0.5) is 0 Å². The third-order valence-electron chi connectivity index (χ3n) is 6.78. The van der Waals surface area contributed by atoms with Crippen molar-refractivity contribution in [2.45, 2.75) is 19.4 Å². The second-order valence-electron chi connectivity index (χ2n) is 8.28. The predicted molar refractivity (Wildman–Crippen MR) is 97.7 cm³/mol. The number of carbonyl (C=O) groups is 4. The fraction of sp³-hybridized carbons (Fsp3) is 0.455. The molecule has 2 bridgehead atoms. The van der Waals surface area contributed by atoms with Crippen LogP contribution in [0.5, 0.6) is 0 Å². The first-order chi connectivity index (χ1) is 13.5. The molecule has 1 heterocycles. The number of imide groups is 1. The van der Waals surface area contributed by atoms with Crippen LogP contribution in [0.15, 0.2) is 42.5 Å². The number of ether oxygens (including phenoxy) is 1. The number of esters is 1. The number of nitrogens with zero attached hydrogens (tertiary/aromatic N) is 1. The van der Waals surface area contributed by atoms with Gasteiger partial charge in [0, 0.05) is 5.56 Å². The SMILES string of the molecule is C[C@@H](OC(=O)CN1C(=O)[C@H]2[C@@H]3C=C[C@H]([C@@H]4C[C@H]34)[C@@H]2C1=O)C(=O)c1ccccc1. The summed E-state index contributed by atoms with van der Waals surface area (Å²) in [5.41, 5.74) is 0.448. The molecule has 1 saturated heterocycles. The minimum absolute atomic E-state index is 0.121. The van der Waals surface area contributed by atoms with Crippen molar-refractivity contribution in [1.82, 2.24) is 4.90 Å². The number of ketones is 1. The van der Waals surface area contributed by atoms with E-state index >= 15 is 0 Å². The zero-order valence-electron chi connectivity index (χ0n) is 15.5.